The zero-order valence-corrected chi connectivity index (χ0v) is 15.8. The van der Waals surface area contributed by atoms with Crippen molar-refractivity contribution in [3.63, 3.8) is 0 Å². The number of carbonyl (C=O) groups excluding carboxylic acids is 1. The summed E-state index contributed by atoms with van der Waals surface area (Å²) in [6.45, 7) is 4.76. The number of hydrogen-bond acceptors (Lipinski definition) is 3. The first kappa shape index (κ1) is 16.7. The summed E-state index contributed by atoms with van der Waals surface area (Å²) in [7, 11) is 0. The van der Waals surface area contributed by atoms with Crippen LogP contribution in [0.4, 0.5) is 11.4 Å². The number of amides is 1. The lowest BCUT2D eigenvalue weighted by Gasteiger charge is -2.50. The molecule has 0 radical (unpaired) electrons. The van der Waals surface area contributed by atoms with Gasteiger partial charge >= 0.3 is 0 Å². The Bertz CT molecular complexity index is 815. The molecular formula is C23H27N3O. The minimum Gasteiger partial charge on any atom is -0.368 e. The van der Waals surface area contributed by atoms with Crippen LogP contribution in [0.3, 0.4) is 0 Å². The smallest absolute Gasteiger partial charge is 0.228 e. The van der Waals surface area contributed by atoms with Crippen molar-refractivity contribution in [2.45, 2.75) is 25.3 Å². The van der Waals surface area contributed by atoms with Crippen LogP contribution in [0, 0.1) is 5.92 Å². The van der Waals surface area contributed by atoms with E-state index in [4.69, 9.17) is 0 Å². The van der Waals surface area contributed by atoms with Crippen molar-refractivity contribution < 1.29 is 4.79 Å². The van der Waals surface area contributed by atoms with Crippen LogP contribution in [-0.2, 0) is 11.2 Å². The molecule has 2 aromatic carbocycles. The van der Waals surface area contributed by atoms with E-state index >= 15 is 0 Å². The first-order valence-electron chi connectivity index (χ1n) is 10.2. The Morgan fingerprint density at radius 2 is 1.59 bits per heavy atom. The van der Waals surface area contributed by atoms with Crippen LogP contribution in [-0.4, -0.2) is 49.6 Å². The molecule has 0 unspecified atom stereocenters. The Kier molecular flexibility index (Phi) is 4.27. The van der Waals surface area contributed by atoms with Gasteiger partial charge in [-0.2, -0.15) is 0 Å². The Hall–Kier alpha value is -2.49. The molecule has 3 heterocycles. The van der Waals surface area contributed by atoms with E-state index in [2.05, 4.69) is 69.3 Å². The van der Waals surface area contributed by atoms with E-state index in [9.17, 15) is 4.79 Å². The third-order valence-electron chi connectivity index (χ3n) is 6.48. The van der Waals surface area contributed by atoms with Crippen molar-refractivity contribution in [2.24, 2.45) is 5.92 Å². The number of fused-ring (bicyclic) bond motifs is 3. The standard InChI is InChI=1S/C23H27N3O/c27-23(24-12-6-7-13-24)20-16-18-8-4-5-11-21(18)26-15-14-25(17-22(20)26)19-9-2-1-3-10-19/h1-5,8-11,20,22H,6-7,12-17H2/t20-,22-/m0/s1. The van der Waals surface area contributed by atoms with Gasteiger partial charge in [0.25, 0.3) is 0 Å². The highest BCUT2D eigenvalue weighted by molar-refractivity contribution is 5.82. The molecule has 0 saturated carbocycles. The zero-order valence-electron chi connectivity index (χ0n) is 15.8. The highest BCUT2D eigenvalue weighted by Crippen LogP contribution is 2.37. The number of nitrogens with zero attached hydrogens (tertiary/aromatic N) is 3. The van der Waals surface area contributed by atoms with Gasteiger partial charge in [-0.15, -0.1) is 0 Å². The molecule has 2 fully saturated rings. The van der Waals surface area contributed by atoms with Crippen molar-refractivity contribution in [2.75, 3.05) is 42.5 Å². The van der Waals surface area contributed by atoms with Gasteiger partial charge in [0.15, 0.2) is 0 Å². The zero-order chi connectivity index (χ0) is 18.2. The van der Waals surface area contributed by atoms with E-state index < -0.39 is 0 Å². The van der Waals surface area contributed by atoms with Crippen LogP contribution >= 0.6 is 0 Å². The van der Waals surface area contributed by atoms with Gasteiger partial charge in [0.2, 0.25) is 5.91 Å². The average molecular weight is 361 g/mol. The Morgan fingerprint density at radius 1 is 0.852 bits per heavy atom. The Labute approximate surface area is 161 Å². The second-order valence-electron chi connectivity index (χ2n) is 8.01. The van der Waals surface area contributed by atoms with Crippen LogP contribution < -0.4 is 9.80 Å². The molecule has 5 rings (SSSR count). The summed E-state index contributed by atoms with van der Waals surface area (Å²) in [6.07, 6.45) is 3.18. The molecule has 3 aliphatic rings. The summed E-state index contributed by atoms with van der Waals surface area (Å²) in [6, 6.07) is 19.6. The molecule has 0 bridgehead atoms. The molecule has 140 valence electrons. The first-order valence-corrected chi connectivity index (χ1v) is 10.2. The molecule has 0 spiro atoms. The van der Waals surface area contributed by atoms with Crippen LogP contribution in [0.15, 0.2) is 54.6 Å². The third kappa shape index (κ3) is 2.97. The highest BCUT2D eigenvalue weighted by atomic mass is 16.2. The fourth-order valence-electron chi connectivity index (χ4n) is 5.09. The number of likely N-dealkylation sites (tertiary alicyclic amines) is 1. The van der Waals surface area contributed by atoms with Crippen molar-refractivity contribution in [3.8, 4) is 0 Å². The van der Waals surface area contributed by atoms with Gasteiger partial charge in [-0.1, -0.05) is 36.4 Å². The van der Waals surface area contributed by atoms with E-state index in [-0.39, 0.29) is 12.0 Å². The maximum Gasteiger partial charge on any atom is 0.228 e. The molecule has 1 amide bonds. The molecule has 0 aliphatic carbocycles. The van der Waals surface area contributed by atoms with Gasteiger partial charge in [0, 0.05) is 44.1 Å². The molecule has 4 nitrogen and oxygen atoms in total. The predicted molar refractivity (Wildman–Crippen MR) is 109 cm³/mol. The quantitative estimate of drug-likeness (QED) is 0.822. The number of piperazine rings is 1. The lowest BCUT2D eigenvalue weighted by Crippen LogP contribution is -2.61. The number of para-hydroxylation sites is 2. The van der Waals surface area contributed by atoms with Crippen LogP contribution in [0.1, 0.15) is 18.4 Å². The van der Waals surface area contributed by atoms with Crippen molar-refractivity contribution in [1.82, 2.24) is 4.90 Å². The summed E-state index contributed by atoms with van der Waals surface area (Å²) < 4.78 is 0. The van der Waals surface area contributed by atoms with E-state index in [0.29, 0.717) is 5.91 Å². The van der Waals surface area contributed by atoms with Crippen molar-refractivity contribution in [1.29, 1.82) is 0 Å². The largest absolute Gasteiger partial charge is 0.368 e. The van der Waals surface area contributed by atoms with E-state index in [1.807, 2.05) is 0 Å². The maximum absolute atomic E-state index is 13.4. The molecule has 2 atom stereocenters. The minimum absolute atomic E-state index is 0.0597. The van der Waals surface area contributed by atoms with Gasteiger partial charge in [-0.25, -0.2) is 0 Å². The second kappa shape index (κ2) is 6.91. The summed E-state index contributed by atoms with van der Waals surface area (Å²) >= 11 is 0. The third-order valence-corrected chi connectivity index (χ3v) is 6.48. The summed E-state index contributed by atoms with van der Waals surface area (Å²) in [5, 5.41) is 0. The van der Waals surface area contributed by atoms with Crippen molar-refractivity contribution >= 4 is 17.3 Å². The van der Waals surface area contributed by atoms with Crippen molar-refractivity contribution in [3.05, 3.63) is 60.2 Å². The molecule has 0 N–H and O–H groups in total. The topological polar surface area (TPSA) is 26.8 Å². The molecule has 2 saturated heterocycles. The van der Waals surface area contributed by atoms with Gasteiger partial charge in [-0.3, -0.25) is 4.79 Å². The number of hydrogen-bond donors (Lipinski definition) is 0. The summed E-state index contributed by atoms with van der Waals surface area (Å²) in [5.41, 5.74) is 3.93. The lowest BCUT2D eigenvalue weighted by molar-refractivity contribution is -0.135. The summed E-state index contributed by atoms with van der Waals surface area (Å²) in [4.78, 5) is 20.5. The fraction of sp³-hybridized carbons (Fsp3) is 0.435. The number of anilines is 2. The Balaban J connectivity index is 1.47. The molecular weight excluding hydrogens is 334 g/mol. The number of rotatable bonds is 2. The monoisotopic (exact) mass is 361 g/mol. The normalized spacial score (nSPS) is 24.5. The second-order valence-corrected chi connectivity index (χ2v) is 8.01. The molecule has 2 aromatic rings. The average Bonchev–Trinajstić information content (AvgIpc) is 3.28. The molecule has 4 heteroatoms. The van der Waals surface area contributed by atoms with E-state index in [0.717, 1.165) is 52.0 Å². The predicted octanol–water partition coefficient (Wildman–Crippen LogP) is 3.18. The van der Waals surface area contributed by atoms with E-state index in [1.54, 1.807) is 0 Å². The van der Waals surface area contributed by atoms with Gasteiger partial charge in [0.05, 0.1) is 12.0 Å². The van der Waals surface area contributed by atoms with E-state index in [1.165, 1.54) is 16.9 Å². The maximum atomic E-state index is 13.4. The summed E-state index contributed by atoms with van der Waals surface area (Å²) in [5.74, 6) is 0.427. The number of carbonyl (C=O) groups is 1. The molecule has 27 heavy (non-hydrogen) atoms. The van der Waals surface area contributed by atoms with Gasteiger partial charge in [-0.05, 0) is 43.0 Å². The fourth-order valence-corrected chi connectivity index (χ4v) is 5.09. The van der Waals surface area contributed by atoms with Crippen LogP contribution in [0.2, 0.25) is 0 Å². The van der Waals surface area contributed by atoms with Crippen LogP contribution in [0.5, 0.6) is 0 Å². The number of benzene rings is 2. The Morgan fingerprint density at radius 3 is 2.41 bits per heavy atom. The molecule has 0 aromatic heterocycles. The first-order chi connectivity index (χ1) is 13.3. The minimum atomic E-state index is 0.0597. The lowest BCUT2D eigenvalue weighted by atomic mass is 9.83. The van der Waals surface area contributed by atoms with Gasteiger partial charge < -0.3 is 14.7 Å². The highest BCUT2D eigenvalue weighted by Gasteiger charge is 2.43. The van der Waals surface area contributed by atoms with Gasteiger partial charge in [0.1, 0.15) is 0 Å². The van der Waals surface area contributed by atoms with Crippen LogP contribution in [0.25, 0.3) is 0 Å². The molecule has 3 aliphatic heterocycles. The SMILES string of the molecule is O=C([C@H]1Cc2ccccc2N2CCN(c3ccccc3)C[C@@H]12)N1CCCC1.